The molecule has 24 heavy (non-hydrogen) atoms. The Bertz CT molecular complexity index is 680. The molecule has 5 heteroatoms. The molecule has 1 aliphatic heterocycles. The molecule has 2 aromatic carbocycles. The predicted octanol–water partition coefficient (Wildman–Crippen LogP) is 3.83. The maximum atomic E-state index is 12.9. The van der Waals surface area contributed by atoms with Gasteiger partial charge in [0.25, 0.3) is 5.91 Å². The molecular weight excluding hydrogens is 307 g/mol. The molecule has 1 fully saturated rings. The summed E-state index contributed by atoms with van der Waals surface area (Å²) in [7, 11) is 0. The third-order valence-electron chi connectivity index (χ3n) is 4.10. The molecule has 1 saturated heterocycles. The van der Waals surface area contributed by atoms with Gasteiger partial charge in [0.15, 0.2) is 6.10 Å². The first kappa shape index (κ1) is 16.3. The summed E-state index contributed by atoms with van der Waals surface area (Å²) >= 11 is 0. The van der Waals surface area contributed by atoms with Gasteiger partial charge in [0.05, 0.1) is 0 Å². The molecule has 1 unspecified atom stereocenters. The number of ether oxygens (including phenoxy) is 1. The second-order valence-corrected chi connectivity index (χ2v) is 5.94. The van der Waals surface area contributed by atoms with Crippen LogP contribution in [0.1, 0.15) is 19.8 Å². The smallest absolute Gasteiger partial charge is 0.265 e. The number of anilines is 2. The van der Waals surface area contributed by atoms with E-state index in [-0.39, 0.29) is 11.7 Å². The Balaban J connectivity index is 1.56. The van der Waals surface area contributed by atoms with Gasteiger partial charge < -0.3 is 15.0 Å². The molecule has 1 amide bonds. The van der Waals surface area contributed by atoms with E-state index in [9.17, 15) is 9.18 Å². The highest BCUT2D eigenvalue weighted by atomic mass is 19.1. The van der Waals surface area contributed by atoms with E-state index in [4.69, 9.17) is 4.74 Å². The average Bonchev–Trinajstić information content (AvgIpc) is 3.12. The van der Waals surface area contributed by atoms with Crippen LogP contribution in [0.3, 0.4) is 0 Å². The van der Waals surface area contributed by atoms with Gasteiger partial charge in [-0.25, -0.2) is 4.39 Å². The number of rotatable bonds is 5. The molecule has 1 N–H and O–H groups in total. The molecular formula is C19H21FN2O2. The van der Waals surface area contributed by atoms with E-state index < -0.39 is 6.10 Å². The lowest BCUT2D eigenvalue weighted by Gasteiger charge is -2.18. The Labute approximate surface area is 141 Å². The van der Waals surface area contributed by atoms with Crippen molar-refractivity contribution >= 4 is 17.3 Å². The van der Waals surface area contributed by atoms with Gasteiger partial charge in [0.2, 0.25) is 0 Å². The summed E-state index contributed by atoms with van der Waals surface area (Å²) in [6.07, 6.45) is 1.79. The van der Waals surface area contributed by atoms with Crippen molar-refractivity contribution in [3.8, 4) is 5.75 Å². The van der Waals surface area contributed by atoms with Crippen LogP contribution in [-0.4, -0.2) is 25.1 Å². The fraction of sp³-hybridized carbons (Fsp3) is 0.316. The Hall–Kier alpha value is -2.56. The van der Waals surface area contributed by atoms with E-state index in [0.717, 1.165) is 18.8 Å². The second kappa shape index (κ2) is 7.34. The Morgan fingerprint density at radius 2 is 1.71 bits per heavy atom. The van der Waals surface area contributed by atoms with Crippen LogP contribution in [0.4, 0.5) is 15.8 Å². The fourth-order valence-corrected chi connectivity index (χ4v) is 2.75. The number of carbonyl (C=O) groups excluding carboxylic acids is 1. The molecule has 0 aliphatic carbocycles. The van der Waals surface area contributed by atoms with Crippen LogP contribution < -0.4 is 15.0 Å². The highest BCUT2D eigenvalue weighted by Crippen LogP contribution is 2.22. The van der Waals surface area contributed by atoms with Crippen molar-refractivity contribution < 1.29 is 13.9 Å². The molecule has 0 saturated carbocycles. The van der Waals surface area contributed by atoms with E-state index in [0.29, 0.717) is 5.75 Å². The second-order valence-electron chi connectivity index (χ2n) is 5.94. The van der Waals surface area contributed by atoms with Gasteiger partial charge in [-0.05, 0) is 68.3 Å². The zero-order valence-corrected chi connectivity index (χ0v) is 13.7. The van der Waals surface area contributed by atoms with Crippen molar-refractivity contribution in [2.75, 3.05) is 23.3 Å². The standard InChI is InChI=1S/C19H21FN2O2/c1-14(24-18-10-4-15(20)5-11-18)19(23)21-16-6-8-17(9-7-16)22-12-2-3-13-22/h4-11,14H,2-3,12-13H2,1H3,(H,21,23). The Morgan fingerprint density at radius 1 is 1.08 bits per heavy atom. The van der Waals surface area contributed by atoms with Crippen molar-refractivity contribution in [1.29, 1.82) is 0 Å². The molecule has 0 radical (unpaired) electrons. The van der Waals surface area contributed by atoms with Crippen LogP contribution in [0.5, 0.6) is 5.75 Å². The topological polar surface area (TPSA) is 41.6 Å². The number of hydrogen-bond donors (Lipinski definition) is 1. The SMILES string of the molecule is CC(Oc1ccc(F)cc1)C(=O)Nc1ccc(N2CCCC2)cc1. The average molecular weight is 328 g/mol. The van der Waals surface area contributed by atoms with Gasteiger partial charge in [0.1, 0.15) is 11.6 Å². The van der Waals surface area contributed by atoms with E-state index >= 15 is 0 Å². The summed E-state index contributed by atoms with van der Waals surface area (Å²) < 4.78 is 18.4. The van der Waals surface area contributed by atoms with Gasteiger partial charge in [-0.3, -0.25) is 4.79 Å². The van der Waals surface area contributed by atoms with Gasteiger partial charge in [-0.1, -0.05) is 0 Å². The lowest BCUT2D eigenvalue weighted by Crippen LogP contribution is -2.30. The first-order chi connectivity index (χ1) is 11.6. The largest absolute Gasteiger partial charge is 0.481 e. The fourth-order valence-electron chi connectivity index (χ4n) is 2.75. The van der Waals surface area contributed by atoms with E-state index in [2.05, 4.69) is 10.2 Å². The Morgan fingerprint density at radius 3 is 2.33 bits per heavy atom. The minimum atomic E-state index is -0.672. The van der Waals surface area contributed by atoms with Crippen molar-refractivity contribution in [2.24, 2.45) is 0 Å². The van der Waals surface area contributed by atoms with Crippen molar-refractivity contribution in [3.63, 3.8) is 0 Å². The van der Waals surface area contributed by atoms with E-state index in [1.54, 1.807) is 6.92 Å². The maximum absolute atomic E-state index is 12.9. The van der Waals surface area contributed by atoms with Gasteiger partial charge in [-0.15, -0.1) is 0 Å². The summed E-state index contributed by atoms with van der Waals surface area (Å²) in [5.41, 5.74) is 1.92. The van der Waals surface area contributed by atoms with Crippen LogP contribution in [0.15, 0.2) is 48.5 Å². The van der Waals surface area contributed by atoms with Crippen molar-refractivity contribution in [1.82, 2.24) is 0 Å². The summed E-state index contributed by atoms with van der Waals surface area (Å²) in [5, 5.41) is 2.83. The molecule has 2 aromatic rings. The molecule has 1 aliphatic rings. The number of benzene rings is 2. The van der Waals surface area contributed by atoms with Gasteiger partial charge in [-0.2, -0.15) is 0 Å². The number of nitrogens with one attached hydrogen (secondary N) is 1. The van der Waals surface area contributed by atoms with Gasteiger partial charge >= 0.3 is 0 Å². The summed E-state index contributed by atoms with van der Waals surface area (Å²) in [4.78, 5) is 14.5. The molecule has 126 valence electrons. The van der Waals surface area contributed by atoms with Crippen LogP contribution in [0.2, 0.25) is 0 Å². The minimum absolute atomic E-state index is 0.242. The van der Waals surface area contributed by atoms with Crippen molar-refractivity contribution in [2.45, 2.75) is 25.9 Å². The third-order valence-corrected chi connectivity index (χ3v) is 4.10. The quantitative estimate of drug-likeness (QED) is 0.907. The van der Waals surface area contributed by atoms with Crippen LogP contribution in [0.25, 0.3) is 0 Å². The number of nitrogens with zero attached hydrogens (tertiary/aromatic N) is 1. The number of halogens is 1. The molecule has 4 nitrogen and oxygen atoms in total. The zero-order valence-electron chi connectivity index (χ0n) is 13.7. The maximum Gasteiger partial charge on any atom is 0.265 e. The van der Waals surface area contributed by atoms with Crippen LogP contribution in [-0.2, 0) is 4.79 Å². The lowest BCUT2D eigenvalue weighted by atomic mass is 10.2. The molecule has 0 spiro atoms. The molecule has 1 atom stereocenters. The molecule has 1 heterocycles. The lowest BCUT2D eigenvalue weighted by molar-refractivity contribution is -0.122. The monoisotopic (exact) mass is 328 g/mol. The zero-order chi connectivity index (χ0) is 16.9. The highest BCUT2D eigenvalue weighted by molar-refractivity contribution is 5.94. The molecule has 3 rings (SSSR count). The Kier molecular flexibility index (Phi) is 4.99. The van der Waals surface area contributed by atoms with E-state index in [1.807, 2.05) is 24.3 Å². The predicted molar refractivity (Wildman–Crippen MR) is 93.0 cm³/mol. The highest BCUT2D eigenvalue weighted by Gasteiger charge is 2.16. The van der Waals surface area contributed by atoms with Crippen molar-refractivity contribution in [3.05, 3.63) is 54.3 Å². The third kappa shape index (κ3) is 4.04. The van der Waals surface area contributed by atoms with Gasteiger partial charge in [0, 0.05) is 24.5 Å². The van der Waals surface area contributed by atoms with Crippen LogP contribution in [0, 0.1) is 5.82 Å². The normalized spacial score (nSPS) is 15.2. The first-order valence-electron chi connectivity index (χ1n) is 8.20. The molecule has 0 bridgehead atoms. The number of hydrogen-bond acceptors (Lipinski definition) is 3. The molecule has 0 aromatic heterocycles. The number of amides is 1. The summed E-state index contributed by atoms with van der Waals surface area (Å²) in [6.45, 7) is 3.85. The minimum Gasteiger partial charge on any atom is -0.481 e. The summed E-state index contributed by atoms with van der Waals surface area (Å²) in [5.74, 6) is -0.116. The first-order valence-corrected chi connectivity index (χ1v) is 8.20. The van der Waals surface area contributed by atoms with Crippen LogP contribution >= 0.6 is 0 Å². The summed E-state index contributed by atoms with van der Waals surface area (Å²) in [6, 6.07) is 13.5. The van der Waals surface area contributed by atoms with E-state index in [1.165, 1.54) is 42.8 Å². The number of carbonyl (C=O) groups is 1.